The van der Waals surface area contributed by atoms with Crippen LogP contribution in [0.15, 0.2) is 42.0 Å². The number of ether oxygens (including phenoxy) is 1. The van der Waals surface area contributed by atoms with Gasteiger partial charge >= 0.3 is 5.97 Å². The third-order valence-electron chi connectivity index (χ3n) is 4.61. The third-order valence-corrected chi connectivity index (χ3v) is 4.61. The highest BCUT2D eigenvalue weighted by Gasteiger charge is 2.45. The fourth-order valence-corrected chi connectivity index (χ4v) is 3.35. The van der Waals surface area contributed by atoms with Gasteiger partial charge in [0.15, 0.2) is 0 Å². The number of carbonyl (C=O) groups excluding carboxylic acids is 2. The van der Waals surface area contributed by atoms with Crippen molar-refractivity contribution in [1.82, 2.24) is 10.2 Å². The van der Waals surface area contributed by atoms with Crippen molar-refractivity contribution in [3.63, 3.8) is 0 Å². The van der Waals surface area contributed by atoms with Crippen LogP contribution in [0.2, 0.25) is 0 Å². The summed E-state index contributed by atoms with van der Waals surface area (Å²) in [5.41, 5.74) is 0.387. The molecule has 122 valence electrons. The van der Waals surface area contributed by atoms with Crippen molar-refractivity contribution in [1.29, 1.82) is 0 Å². The van der Waals surface area contributed by atoms with Crippen LogP contribution in [0.5, 0.6) is 0 Å². The van der Waals surface area contributed by atoms with Gasteiger partial charge in [-0.15, -0.1) is 0 Å². The van der Waals surface area contributed by atoms with Gasteiger partial charge in [-0.2, -0.15) is 0 Å². The predicted molar refractivity (Wildman–Crippen MR) is 86.7 cm³/mol. The fraction of sp³-hybridized carbons (Fsp3) is 0.444. The van der Waals surface area contributed by atoms with E-state index >= 15 is 0 Å². The van der Waals surface area contributed by atoms with Crippen LogP contribution in [0.1, 0.15) is 24.8 Å². The summed E-state index contributed by atoms with van der Waals surface area (Å²) >= 11 is 0. The van der Waals surface area contributed by atoms with Crippen molar-refractivity contribution in [2.75, 3.05) is 26.7 Å². The summed E-state index contributed by atoms with van der Waals surface area (Å²) in [6.07, 6.45) is 4.97. The molecule has 1 aromatic rings. The zero-order chi connectivity index (χ0) is 16.3. The van der Waals surface area contributed by atoms with E-state index in [2.05, 4.69) is 5.32 Å². The monoisotopic (exact) mass is 314 g/mol. The summed E-state index contributed by atoms with van der Waals surface area (Å²) < 4.78 is 4.82. The molecule has 1 atom stereocenters. The van der Waals surface area contributed by atoms with Gasteiger partial charge in [0.2, 0.25) is 0 Å². The lowest BCUT2D eigenvalue weighted by Gasteiger charge is -2.36. The summed E-state index contributed by atoms with van der Waals surface area (Å²) in [5.74, 6) is -0.371. The van der Waals surface area contributed by atoms with Gasteiger partial charge in [0.1, 0.15) is 5.54 Å². The predicted octanol–water partition coefficient (Wildman–Crippen LogP) is 1.60. The van der Waals surface area contributed by atoms with E-state index in [9.17, 15) is 9.59 Å². The van der Waals surface area contributed by atoms with E-state index < -0.39 is 5.54 Å². The molecule has 1 amide bonds. The van der Waals surface area contributed by atoms with Gasteiger partial charge in [-0.25, -0.2) is 4.79 Å². The van der Waals surface area contributed by atoms with Crippen LogP contribution in [0.25, 0.3) is 0 Å². The number of hydrogen-bond acceptors (Lipinski definition) is 4. The number of benzene rings is 1. The zero-order valence-electron chi connectivity index (χ0n) is 13.4. The summed E-state index contributed by atoms with van der Waals surface area (Å²) in [6.45, 7) is 1.88. The summed E-state index contributed by atoms with van der Waals surface area (Å²) in [6, 6.07) is 9.58. The topological polar surface area (TPSA) is 58.6 Å². The molecule has 5 nitrogen and oxygen atoms in total. The van der Waals surface area contributed by atoms with Crippen molar-refractivity contribution in [3.8, 4) is 0 Å². The van der Waals surface area contributed by atoms with E-state index in [4.69, 9.17) is 4.74 Å². The zero-order valence-corrected chi connectivity index (χ0v) is 13.4. The highest BCUT2D eigenvalue weighted by molar-refractivity contribution is 5.96. The number of rotatable bonds is 3. The average Bonchev–Trinajstić information content (AvgIpc) is 3.08. The molecule has 0 bridgehead atoms. The second-order valence-electron chi connectivity index (χ2n) is 6.04. The van der Waals surface area contributed by atoms with Crippen LogP contribution in [0.4, 0.5) is 0 Å². The van der Waals surface area contributed by atoms with E-state index in [0.29, 0.717) is 12.1 Å². The maximum atomic E-state index is 13.2. The number of likely N-dealkylation sites (tertiary alicyclic amines) is 1. The quantitative estimate of drug-likeness (QED) is 0.861. The van der Waals surface area contributed by atoms with Crippen LogP contribution in [-0.4, -0.2) is 43.5 Å². The van der Waals surface area contributed by atoms with E-state index in [1.165, 1.54) is 13.5 Å². The smallest absolute Gasteiger partial charge is 0.334 e. The first-order chi connectivity index (χ1) is 11.2. The number of methoxy groups -OCH3 is 1. The number of amides is 1. The highest BCUT2D eigenvalue weighted by atomic mass is 16.5. The van der Waals surface area contributed by atoms with Crippen molar-refractivity contribution < 1.29 is 14.3 Å². The van der Waals surface area contributed by atoms with E-state index in [0.717, 1.165) is 31.5 Å². The molecule has 2 aliphatic rings. The van der Waals surface area contributed by atoms with Crippen LogP contribution < -0.4 is 5.32 Å². The molecule has 0 aliphatic carbocycles. The molecule has 0 radical (unpaired) electrons. The third kappa shape index (κ3) is 2.88. The minimum absolute atomic E-state index is 0.0160. The fourth-order valence-electron chi connectivity index (χ4n) is 3.35. The van der Waals surface area contributed by atoms with Crippen molar-refractivity contribution >= 4 is 11.9 Å². The van der Waals surface area contributed by atoms with Crippen LogP contribution in [0, 0.1) is 0 Å². The minimum atomic E-state index is -0.970. The molecule has 5 heteroatoms. The largest absolute Gasteiger partial charge is 0.466 e. The number of nitrogens with zero attached hydrogens (tertiary/aromatic N) is 1. The van der Waals surface area contributed by atoms with Crippen molar-refractivity contribution in [2.45, 2.75) is 24.8 Å². The molecule has 0 spiro atoms. The average molecular weight is 314 g/mol. The lowest BCUT2D eigenvalue weighted by atomic mass is 9.88. The van der Waals surface area contributed by atoms with Gasteiger partial charge in [-0.1, -0.05) is 30.3 Å². The molecule has 2 heterocycles. The molecule has 1 aromatic carbocycles. The molecule has 0 saturated carbocycles. The van der Waals surface area contributed by atoms with Gasteiger partial charge in [0.05, 0.1) is 7.11 Å². The number of hydrogen-bond donors (Lipinski definition) is 1. The molecule has 2 aliphatic heterocycles. The summed E-state index contributed by atoms with van der Waals surface area (Å²) in [4.78, 5) is 27.0. The lowest BCUT2D eigenvalue weighted by Crippen LogP contribution is -2.53. The first-order valence-corrected chi connectivity index (χ1v) is 8.07. The Morgan fingerprint density at radius 1 is 1.13 bits per heavy atom. The molecule has 1 saturated heterocycles. The molecule has 1 unspecified atom stereocenters. The SMILES string of the molecule is COC(=O)C1=CC(C(=O)N2CCCCC2)(c2ccccc2)NC1. The number of carbonyl (C=O) groups is 2. The highest BCUT2D eigenvalue weighted by Crippen LogP contribution is 2.32. The molecular formula is C18H22N2O3. The Morgan fingerprint density at radius 2 is 1.83 bits per heavy atom. The lowest BCUT2D eigenvalue weighted by molar-refractivity contribution is -0.137. The van der Waals surface area contributed by atoms with Gasteiger partial charge in [-0.05, 0) is 30.9 Å². The molecular weight excluding hydrogens is 292 g/mol. The number of esters is 1. The Hall–Kier alpha value is -2.14. The summed E-state index contributed by atoms with van der Waals surface area (Å²) in [7, 11) is 1.36. The molecule has 23 heavy (non-hydrogen) atoms. The van der Waals surface area contributed by atoms with Crippen LogP contribution in [0.3, 0.4) is 0 Å². The Bertz CT molecular complexity index is 620. The van der Waals surface area contributed by atoms with Crippen molar-refractivity contribution in [2.24, 2.45) is 0 Å². The second kappa shape index (κ2) is 6.54. The normalized spacial score (nSPS) is 24.2. The van der Waals surface area contributed by atoms with E-state index in [1.54, 1.807) is 6.08 Å². The molecule has 1 N–H and O–H groups in total. The van der Waals surface area contributed by atoms with Crippen molar-refractivity contribution in [3.05, 3.63) is 47.5 Å². The standard InChI is InChI=1S/C18H22N2O3/c1-23-16(21)14-12-18(19-13-14,15-8-4-2-5-9-15)17(22)20-10-6-3-7-11-20/h2,4-5,8-9,12,19H,3,6-7,10-11,13H2,1H3. The second-order valence-corrected chi connectivity index (χ2v) is 6.04. The van der Waals surface area contributed by atoms with Gasteiger partial charge in [-0.3, -0.25) is 10.1 Å². The summed E-state index contributed by atoms with van der Waals surface area (Å²) in [5, 5.41) is 3.26. The Balaban J connectivity index is 2.00. The minimum Gasteiger partial charge on any atom is -0.466 e. The first-order valence-electron chi connectivity index (χ1n) is 8.07. The molecule has 1 fully saturated rings. The number of piperidine rings is 1. The molecule has 0 aromatic heterocycles. The number of nitrogens with one attached hydrogen (secondary N) is 1. The maximum Gasteiger partial charge on any atom is 0.334 e. The van der Waals surface area contributed by atoms with E-state index in [-0.39, 0.29) is 11.9 Å². The molecule has 3 rings (SSSR count). The van der Waals surface area contributed by atoms with Gasteiger partial charge < -0.3 is 9.64 Å². The first kappa shape index (κ1) is 15.7. The Kier molecular flexibility index (Phi) is 4.48. The van der Waals surface area contributed by atoms with Crippen LogP contribution >= 0.6 is 0 Å². The van der Waals surface area contributed by atoms with Gasteiger partial charge in [0.25, 0.3) is 5.91 Å². The Labute approximate surface area is 136 Å². The van der Waals surface area contributed by atoms with Crippen LogP contribution in [-0.2, 0) is 19.9 Å². The Morgan fingerprint density at radius 3 is 2.48 bits per heavy atom. The van der Waals surface area contributed by atoms with Gasteiger partial charge in [0, 0.05) is 25.2 Å². The maximum absolute atomic E-state index is 13.2. The van der Waals surface area contributed by atoms with E-state index in [1.807, 2.05) is 35.2 Å².